The van der Waals surface area contributed by atoms with Crippen molar-refractivity contribution in [2.24, 2.45) is 0 Å². The van der Waals surface area contributed by atoms with Gasteiger partial charge in [-0.15, -0.1) is 0 Å². The molecule has 0 fully saturated rings. The van der Waals surface area contributed by atoms with Gasteiger partial charge in [0, 0.05) is 16.6 Å². The third-order valence-electron chi connectivity index (χ3n) is 3.02. The Labute approximate surface area is 135 Å². The number of hydrogen-bond acceptors (Lipinski definition) is 3. The molecule has 2 aromatic carbocycles. The van der Waals surface area contributed by atoms with E-state index in [1.165, 1.54) is 0 Å². The molecule has 5 heteroatoms. The molecule has 1 heterocycles. The minimum absolute atomic E-state index is 0.651. The highest BCUT2D eigenvalue weighted by Gasteiger charge is 2.08. The van der Waals surface area contributed by atoms with Crippen LogP contribution in [0.3, 0.4) is 0 Å². The maximum Gasteiger partial charge on any atom is 0.141 e. The molecule has 0 unspecified atom stereocenters. The minimum atomic E-state index is 0.651. The van der Waals surface area contributed by atoms with E-state index in [2.05, 4.69) is 20.9 Å². The van der Waals surface area contributed by atoms with Crippen molar-refractivity contribution in [2.75, 3.05) is 7.11 Å². The summed E-state index contributed by atoms with van der Waals surface area (Å²) in [4.78, 5) is 4.30. The Morgan fingerprint density at radius 3 is 2.67 bits per heavy atom. The Hall–Kier alpha value is -1.78. The molecule has 0 bridgehead atoms. The van der Waals surface area contributed by atoms with Gasteiger partial charge in [0.25, 0.3) is 0 Å². The van der Waals surface area contributed by atoms with Crippen LogP contribution in [0.4, 0.5) is 0 Å². The minimum Gasteiger partial charge on any atom is -0.497 e. The number of rotatable bonds is 3. The van der Waals surface area contributed by atoms with Crippen molar-refractivity contribution in [3.8, 4) is 17.2 Å². The molecule has 0 aliphatic rings. The summed E-state index contributed by atoms with van der Waals surface area (Å²) in [6, 6.07) is 12.9. The number of fused-ring (bicyclic) bond motifs is 1. The van der Waals surface area contributed by atoms with Crippen molar-refractivity contribution in [2.45, 2.75) is 0 Å². The highest BCUT2D eigenvalue weighted by atomic mass is 79.9. The smallest absolute Gasteiger partial charge is 0.141 e. The maximum absolute atomic E-state index is 5.99. The molecule has 0 amide bonds. The summed E-state index contributed by atoms with van der Waals surface area (Å²) >= 11 is 9.47. The van der Waals surface area contributed by atoms with E-state index in [4.69, 9.17) is 21.1 Å². The molecule has 0 spiro atoms. The number of pyridine rings is 1. The van der Waals surface area contributed by atoms with Gasteiger partial charge in [-0.05, 0) is 58.4 Å². The number of ether oxygens (including phenoxy) is 2. The van der Waals surface area contributed by atoms with E-state index < -0.39 is 0 Å². The van der Waals surface area contributed by atoms with Gasteiger partial charge in [-0.1, -0.05) is 11.6 Å². The van der Waals surface area contributed by atoms with E-state index >= 15 is 0 Å². The first kappa shape index (κ1) is 14.2. The lowest BCUT2D eigenvalue weighted by atomic mass is 10.2. The third-order valence-corrected chi connectivity index (χ3v) is 3.88. The first-order valence-electron chi connectivity index (χ1n) is 6.23. The topological polar surface area (TPSA) is 31.4 Å². The summed E-state index contributed by atoms with van der Waals surface area (Å²) in [6.07, 6.45) is 1.70. The van der Waals surface area contributed by atoms with Crippen molar-refractivity contribution in [1.82, 2.24) is 4.98 Å². The van der Waals surface area contributed by atoms with Crippen molar-refractivity contribution in [1.29, 1.82) is 0 Å². The van der Waals surface area contributed by atoms with Crippen molar-refractivity contribution in [3.05, 3.63) is 58.2 Å². The van der Waals surface area contributed by atoms with Crippen LogP contribution in [-0.2, 0) is 0 Å². The standard InChI is InChI=1S/C16H11BrClNO2/c1-20-11-3-5-16(13(17)9-11)21-15-6-7-19-14-8-10(18)2-4-12(14)15/h2-9H,1H3. The molecule has 3 rings (SSSR count). The van der Waals surface area contributed by atoms with Crippen LogP contribution in [0.5, 0.6) is 17.2 Å². The Kier molecular flexibility index (Phi) is 3.99. The number of benzene rings is 2. The number of halogens is 2. The normalized spacial score (nSPS) is 10.6. The average Bonchev–Trinajstić information content (AvgIpc) is 2.49. The van der Waals surface area contributed by atoms with Crippen molar-refractivity contribution < 1.29 is 9.47 Å². The molecule has 0 aliphatic carbocycles. The Morgan fingerprint density at radius 2 is 1.90 bits per heavy atom. The molecule has 0 aliphatic heterocycles. The van der Waals surface area contributed by atoms with Gasteiger partial charge in [0.05, 0.1) is 17.1 Å². The number of hydrogen-bond donors (Lipinski definition) is 0. The number of nitrogens with zero attached hydrogens (tertiary/aromatic N) is 1. The fourth-order valence-corrected chi connectivity index (χ4v) is 2.60. The van der Waals surface area contributed by atoms with E-state index in [9.17, 15) is 0 Å². The largest absolute Gasteiger partial charge is 0.497 e. The average molecular weight is 365 g/mol. The molecule has 21 heavy (non-hydrogen) atoms. The van der Waals surface area contributed by atoms with Gasteiger partial charge in [-0.25, -0.2) is 0 Å². The van der Waals surface area contributed by atoms with Crippen molar-refractivity contribution >= 4 is 38.4 Å². The third kappa shape index (κ3) is 2.96. The summed E-state index contributed by atoms with van der Waals surface area (Å²) < 4.78 is 12.0. The fourth-order valence-electron chi connectivity index (χ4n) is 1.99. The summed E-state index contributed by atoms with van der Waals surface area (Å²) in [7, 11) is 1.63. The van der Waals surface area contributed by atoms with Crippen LogP contribution in [0.1, 0.15) is 0 Å². The molecule has 3 nitrogen and oxygen atoms in total. The Balaban J connectivity index is 2.02. The first-order valence-corrected chi connectivity index (χ1v) is 7.40. The van der Waals surface area contributed by atoms with Gasteiger partial charge in [-0.2, -0.15) is 0 Å². The second-order valence-electron chi connectivity index (χ2n) is 4.37. The van der Waals surface area contributed by atoms with E-state index in [0.29, 0.717) is 10.8 Å². The lowest BCUT2D eigenvalue weighted by Gasteiger charge is -2.11. The lowest BCUT2D eigenvalue weighted by Crippen LogP contribution is -1.90. The molecular formula is C16H11BrClNO2. The van der Waals surface area contributed by atoms with Gasteiger partial charge in [0.15, 0.2) is 0 Å². The van der Waals surface area contributed by atoms with Crippen LogP contribution in [-0.4, -0.2) is 12.1 Å². The Morgan fingerprint density at radius 1 is 1.05 bits per heavy atom. The van der Waals surface area contributed by atoms with Crippen molar-refractivity contribution in [3.63, 3.8) is 0 Å². The van der Waals surface area contributed by atoms with Crippen LogP contribution in [0.25, 0.3) is 10.9 Å². The molecule has 1 aromatic heterocycles. The fraction of sp³-hybridized carbons (Fsp3) is 0.0625. The SMILES string of the molecule is COc1ccc(Oc2ccnc3cc(Cl)ccc23)c(Br)c1. The monoisotopic (exact) mass is 363 g/mol. The lowest BCUT2D eigenvalue weighted by molar-refractivity contribution is 0.412. The second-order valence-corrected chi connectivity index (χ2v) is 5.66. The van der Waals surface area contributed by atoms with Crippen LogP contribution < -0.4 is 9.47 Å². The van der Waals surface area contributed by atoms with Crippen LogP contribution in [0, 0.1) is 0 Å². The summed E-state index contributed by atoms with van der Waals surface area (Å²) in [5.41, 5.74) is 0.796. The molecule has 0 radical (unpaired) electrons. The van der Waals surface area contributed by atoms with Crippen LogP contribution >= 0.6 is 27.5 Å². The predicted octanol–water partition coefficient (Wildman–Crippen LogP) is 5.45. The van der Waals surface area contributed by atoms with Gasteiger partial charge >= 0.3 is 0 Å². The number of aromatic nitrogens is 1. The predicted molar refractivity (Wildman–Crippen MR) is 87.5 cm³/mol. The molecular weight excluding hydrogens is 354 g/mol. The zero-order valence-corrected chi connectivity index (χ0v) is 13.5. The van der Waals surface area contributed by atoms with Gasteiger partial charge in [0.2, 0.25) is 0 Å². The molecule has 0 saturated heterocycles. The van der Waals surface area contributed by atoms with Gasteiger partial charge in [0.1, 0.15) is 17.2 Å². The number of methoxy groups -OCH3 is 1. The van der Waals surface area contributed by atoms with E-state index in [-0.39, 0.29) is 0 Å². The first-order chi connectivity index (χ1) is 10.2. The zero-order valence-electron chi connectivity index (χ0n) is 11.1. The molecule has 0 atom stereocenters. The summed E-state index contributed by atoms with van der Waals surface area (Å²) in [5, 5.41) is 1.56. The van der Waals surface area contributed by atoms with E-state index in [0.717, 1.165) is 26.9 Å². The van der Waals surface area contributed by atoms with Crippen LogP contribution in [0.15, 0.2) is 53.1 Å². The van der Waals surface area contributed by atoms with Crippen LogP contribution in [0.2, 0.25) is 5.02 Å². The quantitative estimate of drug-likeness (QED) is 0.619. The second kappa shape index (κ2) is 5.92. The van der Waals surface area contributed by atoms with Gasteiger partial charge < -0.3 is 9.47 Å². The van der Waals surface area contributed by atoms with E-state index in [1.54, 1.807) is 13.3 Å². The molecule has 0 N–H and O–H groups in total. The molecule has 3 aromatic rings. The highest BCUT2D eigenvalue weighted by molar-refractivity contribution is 9.10. The maximum atomic E-state index is 5.99. The van der Waals surface area contributed by atoms with Gasteiger partial charge in [-0.3, -0.25) is 4.98 Å². The molecule has 0 saturated carbocycles. The molecule has 106 valence electrons. The summed E-state index contributed by atoms with van der Waals surface area (Å²) in [5.74, 6) is 2.20. The Bertz CT molecular complexity index is 807. The zero-order chi connectivity index (χ0) is 14.8. The summed E-state index contributed by atoms with van der Waals surface area (Å²) in [6.45, 7) is 0. The van der Waals surface area contributed by atoms with E-state index in [1.807, 2.05) is 42.5 Å². The highest BCUT2D eigenvalue weighted by Crippen LogP contribution is 2.35.